The topological polar surface area (TPSA) is 111 Å². The van der Waals surface area contributed by atoms with E-state index in [4.69, 9.17) is 0 Å². The van der Waals surface area contributed by atoms with Crippen LogP contribution in [0.5, 0.6) is 0 Å². The van der Waals surface area contributed by atoms with Crippen molar-refractivity contribution in [3.8, 4) is 23.0 Å². The van der Waals surface area contributed by atoms with Crippen molar-refractivity contribution in [3.05, 3.63) is 66.7 Å². The molecule has 4 heterocycles. The lowest BCUT2D eigenvalue weighted by atomic mass is 10.1. The third kappa shape index (κ3) is 5.50. The molecule has 1 aliphatic rings. The Morgan fingerprint density at radius 2 is 1.74 bits per heavy atom. The van der Waals surface area contributed by atoms with Gasteiger partial charge in [0.2, 0.25) is 0 Å². The summed E-state index contributed by atoms with van der Waals surface area (Å²) in [6, 6.07) is 15.6. The minimum atomic E-state index is -1.40. The lowest BCUT2D eigenvalue weighted by Crippen LogP contribution is -2.54. The highest BCUT2D eigenvalue weighted by molar-refractivity contribution is 6.02. The van der Waals surface area contributed by atoms with Crippen LogP contribution in [0.2, 0.25) is 0 Å². The number of amides is 1. The molecule has 9 nitrogen and oxygen atoms in total. The molecule has 0 unspecified atom stereocenters. The maximum absolute atomic E-state index is 12.5. The molecule has 1 saturated heterocycles. The first-order chi connectivity index (χ1) is 18.3. The van der Waals surface area contributed by atoms with Gasteiger partial charge in [-0.3, -0.25) is 9.36 Å². The van der Waals surface area contributed by atoms with E-state index in [1.54, 1.807) is 23.2 Å². The zero-order valence-electron chi connectivity index (χ0n) is 22.3. The van der Waals surface area contributed by atoms with Gasteiger partial charge in [0.25, 0.3) is 5.91 Å². The maximum Gasteiger partial charge on any atom is 0.254 e. The van der Waals surface area contributed by atoms with Gasteiger partial charge < -0.3 is 14.9 Å². The van der Waals surface area contributed by atoms with Gasteiger partial charge in [-0.1, -0.05) is 50.6 Å². The van der Waals surface area contributed by atoms with Crippen LogP contribution >= 0.6 is 0 Å². The standard InChI is InChI=1S/C26H25N7O2.C3H8/c1-26(2,35)25(34)32-12-10-31(11-13-32)23-22-20(19-6-4-3-5-7-19)16-33(24(22)30-17-29-23)21-14-18(15-27)8-9-28-21;1-3-2/h3-9,14,16-17,35H,10-13H2,1-2H3;3H2,1-2H3. The molecule has 0 bridgehead atoms. The fourth-order valence-corrected chi connectivity index (χ4v) is 4.42. The molecule has 9 heteroatoms. The van der Waals surface area contributed by atoms with Crippen LogP contribution in [0.4, 0.5) is 5.82 Å². The van der Waals surface area contributed by atoms with Crippen molar-refractivity contribution in [1.29, 1.82) is 5.26 Å². The molecule has 0 aliphatic carbocycles. The van der Waals surface area contributed by atoms with Crippen LogP contribution in [0.15, 0.2) is 61.2 Å². The zero-order chi connectivity index (χ0) is 27.3. The van der Waals surface area contributed by atoms with Gasteiger partial charge in [0, 0.05) is 44.1 Å². The van der Waals surface area contributed by atoms with E-state index in [1.807, 2.05) is 41.1 Å². The highest BCUT2D eigenvalue weighted by atomic mass is 16.3. The molecule has 1 aromatic carbocycles. The van der Waals surface area contributed by atoms with Crippen molar-refractivity contribution in [2.75, 3.05) is 31.1 Å². The van der Waals surface area contributed by atoms with Crippen molar-refractivity contribution in [1.82, 2.24) is 24.4 Å². The fourth-order valence-electron chi connectivity index (χ4n) is 4.42. The van der Waals surface area contributed by atoms with E-state index < -0.39 is 5.60 Å². The third-order valence-electron chi connectivity index (χ3n) is 6.16. The first kappa shape index (κ1) is 26.8. The molecule has 0 atom stereocenters. The van der Waals surface area contributed by atoms with Crippen LogP contribution in [-0.4, -0.2) is 67.2 Å². The molecule has 38 heavy (non-hydrogen) atoms. The van der Waals surface area contributed by atoms with Crippen molar-refractivity contribution < 1.29 is 9.90 Å². The lowest BCUT2D eigenvalue weighted by Gasteiger charge is -2.37. The molecule has 1 amide bonds. The van der Waals surface area contributed by atoms with E-state index in [1.165, 1.54) is 26.6 Å². The third-order valence-corrected chi connectivity index (χ3v) is 6.16. The number of benzene rings is 1. The number of pyridine rings is 1. The molecule has 196 valence electrons. The Labute approximate surface area is 223 Å². The summed E-state index contributed by atoms with van der Waals surface area (Å²) in [5.41, 5.74) is 1.77. The zero-order valence-corrected chi connectivity index (χ0v) is 22.3. The number of piperazine rings is 1. The molecule has 0 spiro atoms. The van der Waals surface area contributed by atoms with Gasteiger partial charge in [-0.2, -0.15) is 5.26 Å². The lowest BCUT2D eigenvalue weighted by molar-refractivity contribution is -0.148. The Morgan fingerprint density at radius 3 is 2.37 bits per heavy atom. The number of nitrogens with zero attached hydrogens (tertiary/aromatic N) is 7. The first-order valence-electron chi connectivity index (χ1n) is 12.8. The summed E-state index contributed by atoms with van der Waals surface area (Å²) in [5, 5.41) is 20.4. The molecule has 5 rings (SSSR count). The summed E-state index contributed by atoms with van der Waals surface area (Å²) in [4.78, 5) is 30.1. The summed E-state index contributed by atoms with van der Waals surface area (Å²) in [6.45, 7) is 9.41. The Morgan fingerprint density at radius 1 is 1.05 bits per heavy atom. The van der Waals surface area contributed by atoms with Gasteiger partial charge in [-0.15, -0.1) is 0 Å². The molecule has 1 N–H and O–H groups in total. The van der Waals surface area contributed by atoms with E-state index in [0.717, 1.165) is 22.3 Å². The van der Waals surface area contributed by atoms with Crippen LogP contribution < -0.4 is 4.90 Å². The summed E-state index contributed by atoms with van der Waals surface area (Å²) < 4.78 is 1.89. The number of rotatable bonds is 4. The number of hydrogen-bond acceptors (Lipinski definition) is 7. The number of aliphatic hydroxyl groups is 1. The van der Waals surface area contributed by atoms with Crippen LogP contribution in [0, 0.1) is 11.3 Å². The number of nitriles is 1. The smallest absolute Gasteiger partial charge is 0.254 e. The number of anilines is 1. The summed E-state index contributed by atoms with van der Waals surface area (Å²) in [7, 11) is 0. The predicted molar refractivity (Wildman–Crippen MR) is 148 cm³/mol. The minimum absolute atomic E-state index is 0.274. The summed E-state index contributed by atoms with van der Waals surface area (Å²) >= 11 is 0. The normalized spacial score (nSPS) is 13.6. The summed E-state index contributed by atoms with van der Waals surface area (Å²) in [5.74, 6) is 1.10. The van der Waals surface area contributed by atoms with Gasteiger partial charge in [0.1, 0.15) is 23.6 Å². The highest BCUT2D eigenvalue weighted by Gasteiger charge is 2.32. The monoisotopic (exact) mass is 511 g/mol. The molecule has 1 fully saturated rings. The second-order valence-corrected chi connectivity index (χ2v) is 9.73. The minimum Gasteiger partial charge on any atom is -0.381 e. The number of fused-ring (bicyclic) bond motifs is 1. The summed E-state index contributed by atoms with van der Waals surface area (Å²) in [6.07, 6.45) is 6.38. The Kier molecular flexibility index (Phi) is 8.03. The fraction of sp³-hybridized carbons (Fsp3) is 0.345. The number of aromatic nitrogens is 4. The SMILES string of the molecule is CC(C)(O)C(=O)N1CCN(c2ncnc3c2c(-c2ccccc2)cn3-c2cc(C#N)ccn2)CC1.CCC. The van der Waals surface area contributed by atoms with Gasteiger partial charge in [-0.25, -0.2) is 15.0 Å². The van der Waals surface area contributed by atoms with Gasteiger partial charge in [0.05, 0.1) is 17.0 Å². The van der Waals surface area contributed by atoms with Crippen LogP contribution in [0.3, 0.4) is 0 Å². The van der Waals surface area contributed by atoms with Crippen LogP contribution in [0.1, 0.15) is 39.7 Å². The molecule has 3 aromatic heterocycles. The molecular formula is C29H33N7O2. The number of hydrogen-bond donors (Lipinski definition) is 1. The van der Waals surface area contributed by atoms with Gasteiger partial charge >= 0.3 is 0 Å². The van der Waals surface area contributed by atoms with E-state index in [9.17, 15) is 15.2 Å². The molecule has 1 aliphatic heterocycles. The average molecular weight is 512 g/mol. The van der Waals surface area contributed by atoms with Crippen molar-refractivity contribution in [2.24, 2.45) is 0 Å². The van der Waals surface area contributed by atoms with Crippen molar-refractivity contribution in [3.63, 3.8) is 0 Å². The second kappa shape index (κ2) is 11.4. The van der Waals surface area contributed by atoms with Crippen LogP contribution in [0.25, 0.3) is 28.0 Å². The Hall–Kier alpha value is -4.29. The average Bonchev–Trinajstić information content (AvgIpc) is 3.33. The molecule has 0 saturated carbocycles. The molecular weight excluding hydrogens is 478 g/mol. The van der Waals surface area contributed by atoms with Gasteiger partial charge in [-0.05, 0) is 31.5 Å². The van der Waals surface area contributed by atoms with Gasteiger partial charge in [0.15, 0.2) is 5.65 Å². The largest absolute Gasteiger partial charge is 0.381 e. The van der Waals surface area contributed by atoms with Crippen LogP contribution in [-0.2, 0) is 4.79 Å². The molecule has 4 aromatic rings. The quantitative estimate of drug-likeness (QED) is 0.437. The highest BCUT2D eigenvalue weighted by Crippen LogP contribution is 2.36. The van der Waals surface area contributed by atoms with E-state index >= 15 is 0 Å². The number of carbonyl (C=O) groups is 1. The Bertz CT molecular complexity index is 1440. The first-order valence-corrected chi connectivity index (χ1v) is 12.8. The molecule has 0 radical (unpaired) electrons. The second-order valence-electron chi connectivity index (χ2n) is 9.73. The predicted octanol–water partition coefficient (Wildman–Crippen LogP) is 4.19. The number of carbonyl (C=O) groups excluding carboxylic acids is 1. The maximum atomic E-state index is 12.5. The van der Waals surface area contributed by atoms with E-state index in [2.05, 4.69) is 39.8 Å². The van der Waals surface area contributed by atoms with E-state index in [0.29, 0.717) is 43.2 Å². The van der Waals surface area contributed by atoms with Crippen molar-refractivity contribution >= 4 is 22.8 Å². The Balaban J connectivity index is 0.00000107. The van der Waals surface area contributed by atoms with E-state index in [-0.39, 0.29) is 5.91 Å². The van der Waals surface area contributed by atoms with Crippen molar-refractivity contribution in [2.45, 2.75) is 39.7 Å².